The van der Waals surface area contributed by atoms with E-state index in [-0.39, 0.29) is 18.0 Å². The molecule has 0 aliphatic carbocycles. The third-order valence-electron chi connectivity index (χ3n) is 3.84. The third kappa shape index (κ3) is 5.00. The molecule has 0 radical (unpaired) electrons. The van der Waals surface area contributed by atoms with Gasteiger partial charge in [0.15, 0.2) is 5.16 Å². The first-order chi connectivity index (χ1) is 13.1. The number of ether oxygens (including phenoxy) is 1. The fourth-order valence-electron chi connectivity index (χ4n) is 2.39. The summed E-state index contributed by atoms with van der Waals surface area (Å²) >= 11 is 4.89. The van der Waals surface area contributed by atoms with E-state index in [2.05, 4.69) is 32.0 Å². The zero-order valence-corrected chi connectivity index (χ0v) is 17.0. The van der Waals surface area contributed by atoms with E-state index in [1.165, 1.54) is 11.8 Å². The van der Waals surface area contributed by atoms with Crippen molar-refractivity contribution in [2.45, 2.75) is 24.4 Å². The fourth-order valence-corrected chi connectivity index (χ4v) is 3.48. The van der Waals surface area contributed by atoms with Gasteiger partial charge in [0.25, 0.3) is 0 Å². The third-order valence-corrected chi connectivity index (χ3v) is 5.29. The quantitative estimate of drug-likeness (QED) is 0.434. The summed E-state index contributed by atoms with van der Waals surface area (Å²) in [5.41, 5.74) is 8.89. The van der Waals surface area contributed by atoms with Crippen LogP contribution < -0.4 is 10.5 Å². The minimum Gasteiger partial charge on any atom is -0.487 e. The normalized spacial score (nSPS) is 10.4. The first-order valence-electron chi connectivity index (χ1n) is 8.19. The van der Waals surface area contributed by atoms with Crippen molar-refractivity contribution in [2.24, 2.45) is 0 Å². The molecule has 7 heteroatoms. The maximum Gasteiger partial charge on any atom is 0.190 e. The molecule has 0 aliphatic heterocycles. The molecule has 136 valence electrons. The Morgan fingerprint density at radius 1 is 1.15 bits per heavy atom. The number of hydrogen-bond acceptors (Lipinski definition) is 6. The van der Waals surface area contributed by atoms with Gasteiger partial charge in [-0.05, 0) is 36.2 Å². The van der Waals surface area contributed by atoms with Gasteiger partial charge in [0.05, 0.1) is 0 Å². The van der Waals surface area contributed by atoms with Gasteiger partial charge in [-0.3, -0.25) is 0 Å². The zero-order valence-electron chi connectivity index (χ0n) is 14.6. The molecule has 2 aromatic carbocycles. The maximum absolute atomic E-state index is 9.40. The van der Waals surface area contributed by atoms with E-state index in [1.54, 1.807) is 0 Å². The highest BCUT2D eigenvalue weighted by Gasteiger charge is 2.14. The van der Waals surface area contributed by atoms with Gasteiger partial charge >= 0.3 is 0 Å². The molecule has 0 aliphatic rings. The summed E-state index contributed by atoms with van der Waals surface area (Å²) < 4.78 is 6.87. The molecule has 3 aromatic rings. The van der Waals surface area contributed by atoms with Crippen LogP contribution in [0, 0.1) is 18.3 Å². The number of nitrogens with zero attached hydrogens (tertiary/aromatic N) is 3. The van der Waals surface area contributed by atoms with Gasteiger partial charge in [-0.25, -0.2) is 9.97 Å². The Bertz CT molecular complexity index is 986. The molecule has 3 rings (SSSR count). The number of nitrogens with two attached hydrogens (primary N) is 1. The van der Waals surface area contributed by atoms with Crippen molar-refractivity contribution in [1.29, 1.82) is 5.26 Å². The first kappa shape index (κ1) is 19.2. The molecule has 0 spiro atoms. The molecule has 5 nitrogen and oxygen atoms in total. The Morgan fingerprint density at radius 3 is 2.59 bits per heavy atom. The molecule has 1 heterocycles. The smallest absolute Gasteiger partial charge is 0.190 e. The Hall–Kier alpha value is -2.56. The van der Waals surface area contributed by atoms with Gasteiger partial charge in [-0.15, -0.1) is 0 Å². The highest BCUT2D eigenvalue weighted by molar-refractivity contribution is 9.10. The summed E-state index contributed by atoms with van der Waals surface area (Å²) in [7, 11) is 0. The SMILES string of the molecule is Cc1ccccc1OCc1nc(SCc2ccc(Br)cc2)nc(N)c1C#N. The second kappa shape index (κ2) is 8.89. The number of rotatable bonds is 6. The van der Waals surface area contributed by atoms with Crippen molar-refractivity contribution >= 4 is 33.5 Å². The largest absolute Gasteiger partial charge is 0.487 e. The minimum absolute atomic E-state index is 0.159. The number of halogens is 1. The molecule has 0 atom stereocenters. The van der Waals surface area contributed by atoms with Crippen LogP contribution in [0.4, 0.5) is 5.82 Å². The standard InChI is InChI=1S/C20H17BrN4OS/c1-13-4-2-3-5-18(13)26-11-17-16(10-22)19(23)25-20(24-17)27-12-14-6-8-15(21)9-7-14/h2-9H,11-12H2,1H3,(H2,23,24,25). The molecular weight excluding hydrogens is 424 g/mol. The van der Waals surface area contributed by atoms with Gasteiger partial charge in [0, 0.05) is 10.2 Å². The first-order valence-corrected chi connectivity index (χ1v) is 9.97. The van der Waals surface area contributed by atoms with Gasteiger partial charge in [-0.1, -0.05) is 58.0 Å². The lowest BCUT2D eigenvalue weighted by atomic mass is 10.2. The number of nitrogen functional groups attached to an aromatic ring is 1. The van der Waals surface area contributed by atoms with Crippen molar-refractivity contribution in [2.75, 3.05) is 5.73 Å². The summed E-state index contributed by atoms with van der Waals surface area (Å²) in [5.74, 6) is 1.63. The molecule has 0 saturated heterocycles. The van der Waals surface area contributed by atoms with Crippen LogP contribution in [-0.2, 0) is 12.4 Å². The van der Waals surface area contributed by atoms with E-state index in [0.717, 1.165) is 21.3 Å². The second-order valence-corrected chi connectivity index (χ2v) is 7.65. The molecule has 0 unspecified atom stereocenters. The van der Waals surface area contributed by atoms with Crippen molar-refractivity contribution in [1.82, 2.24) is 9.97 Å². The number of hydrogen-bond donors (Lipinski definition) is 1. The van der Waals surface area contributed by atoms with Gasteiger partial charge in [0.1, 0.15) is 35.5 Å². The van der Waals surface area contributed by atoms with E-state index in [9.17, 15) is 5.26 Å². The molecule has 0 fully saturated rings. The lowest BCUT2D eigenvalue weighted by Gasteiger charge is -2.11. The highest BCUT2D eigenvalue weighted by atomic mass is 79.9. The highest BCUT2D eigenvalue weighted by Crippen LogP contribution is 2.25. The fraction of sp³-hybridized carbons (Fsp3) is 0.150. The molecule has 1 aromatic heterocycles. The summed E-state index contributed by atoms with van der Waals surface area (Å²) in [6.07, 6.45) is 0. The van der Waals surface area contributed by atoms with E-state index in [0.29, 0.717) is 16.6 Å². The van der Waals surface area contributed by atoms with E-state index in [1.807, 2.05) is 55.5 Å². The van der Waals surface area contributed by atoms with Crippen LogP contribution in [0.25, 0.3) is 0 Å². The Morgan fingerprint density at radius 2 is 1.89 bits per heavy atom. The van der Waals surface area contributed by atoms with Crippen molar-refractivity contribution in [3.05, 3.63) is 75.4 Å². The van der Waals surface area contributed by atoms with Crippen LogP contribution in [0.2, 0.25) is 0 Å². The lowest BCUT2D eigenvalue weighted by molar-refractivity contribution is 0.297. The number of aromatic nitrogens is 2. The molecule has 2 N–H and O–H groups in total. The number of anilines is 1. The lowest BCUT2D eigenvalue weighted by Crippen LogP contribution is -2.08. The van der Waals surface area contributed by atoms with E-state index in [4.69, 9.17) is 10.5 Å². The average Bonchev–Trinajstić information content (AvgIpc) is 2.67. The van der Waals surface area contributed by atoms with Crippen LogP contribution >= 0.6 is 27.7 Å². The zero-order chi connectivity index (χ0) is 19.2. The Kier molecular flexibility index (Phi) is 6.32. The van der Waals surface area contributed by atoms with Gasteiger partial charge < -0.3 is 10.5 Å². The van der Waals surface area contributed by atoms with Crippen LogP contribution in [0.15, 0.2) is 58.2 Å². The predicted molar refractivity (Wildman–Crippen MR) is 110 cm³/mol. The molecule has 0 bridgehead atoms. The molecular formula is C20H17BrN4OS. The van der Waals surface area contributed by atoms with Gasteiger partial charge in [-0.2, -0.15) is 5.26 Å². The second-order valence-electron chi connectivity index (χ2n) is 5.79. The average molecular weight is 441 g/mol. The molecule has 0 amide bonds. The summed E-state index contributed by atoms with van der Waals surface area (Å²) in [4.78, 5) is 8.75. The number of nitriles is 1. The van der Waals surface area contributed by atoms with Crippen molar-refractivity contribution in [3.63, 3.8) is 0 Å². The van der Waals surface area contributed by atoms with Gasteiger partial charge in [0.2, 0.25) is 0 Å². The molecule has 27 heavy (non-hydrogen) atoms. The summed E-state index contributed by atoms with van der Waals surface area (Å²) in [5, 5.41) is 9.92. The van der Waals surface area contributed by atoms with Crippen molar-refractivity contribution in [3.8, 4) is 11.8 Å². The Balaban J connectivity index is 1.77. The van der Waals surface area contributed by atoms with Crippen molar-refractivity contribution < 1.29 is 4.74 Å². The topological polar surface area (TPSA) is 84.8 Å². The Labute approximate surface area is 170 Å². The number of benzene rings is 2. The van der Waals surface area contributed by atoms with E-state index >= 15 is 0 Å². The summed E-state index contributed by atoms with van der Waals surface area (Å²) in [6.45, 7) is 2.13. The van der Waals surface area contributed by atoms with Crippen LogP contribution in [-0.4, -0.2) is 9.97 Å². The predicted octanol–water partition coefficient (Wildman–Crippen LogP) is 4.87. The molecule has 0 saturated carbocycles. The van der Waals surface area contributed by atoms with Crippen LogP contribution in [0.3, 0.4) is 0 Å². The number of aryl methyl sites for hydroxylation is 1. The summed E-state index contributed by atoms with van der Waals surface area (Å²) in [6, 6.07) is 17.8. The number of para-hydroxylation sites is 1. The maximum atomic E-state index is 9.40. The van der Waals surface area contributed by atoms with Crippen LogP contribution in [0.5, 0.6) is 5.75 Å². The van der Waals surface area contributed by atoms with Crippen LogP contribution in [0.1, 0.15) is 22.4 Å². The monoisotopic (exact) mass is 440 g/mol. The minimum atomic E-state index is 0.159. The number of thioether (sulfide) groups is 1. The van der Waals surface area contributed by atoms with E-state index < -0.39 is 0 Å².